The third kappa shape index (κ3) is 2.40. The van der Waals surface area contributed by atoms with Gasteiger partial charge in [-0.3, -0.25) is 0 Å². The summed E-state index contributed by atoms with van der Waals surface area (Å²) in [7, 11) is 0. The van der Waals surface area contributed by atoms with Gasteiger partial charge < -0.3 is 4.57 Å². The third-order valence-electron chi connectivity index (χ3n) is 4.57. The molecule has 1 aliphatic rings. The number of fused-ring (bicyclic) bond motifs is 1. The number of aromatic nitrogens is 2. The smallest absolute Gasteiger partial charge is 0.124 e. The number of halogens is 2. The van der Waals surface area contributed by atoms with Gasteiger partial charge in [0, 0.05) is 10.1 Å². The zero-order valence-corrected chi connectivity index (χ0v) is 14.0. The highest BCUT2D eigenvalue weighted by Gasteiger charge is 2.36. The monoisotopic (exact) mass is 388 g/mol. The van der Waals surface area contributed by atoms with Gasteiger partial charge in [-0.1, -0.05) is 13.3 Å². The lowest BCUT2D eigenvalue weighted by Crippen LogP contribution is -2.33. The average molecular weight is 389 g/mol. The van der Waals surface area contributed by atoms with Crippen LogP contribution in [0.2, 0.25) is 0 Å². The quantitative estimate of drug-likeness (QED) is 0.535. The Kier molecular flexibility index (Phi) is 3.78. The molecule has 1 aromatic carbocycles. The van der Waals surface area contributed by atoms with Crippen LogP contribution in [0.4, 0.5) is 0 Å². The second-order valence-electron chi connectivity index (χ2n) is 5.59. The zero-order valence-electron chi connectivity index (χ0n) is 11.1. The zero-order chi connectivity index (χ0) is 13.5. The summed E-state index contributed by atoms with van der Waals surface area (Å²) in [6.45, 7) is 3.38. The Morgan fingerprint density at radius 2 is 2.21 bits per heavy atom. The molecule has 0 radical (unpaired) electrons. The van der Waals surface area contributed by atoms with Crippen molar-refractivity contribution >= 4 is 45.2 Å². The Hall–Kier alpha value is -0.290. The standard InChI is InChI=1S/C15H18ClIN2/c1-2-15(6-3-7-15)10-19-13-5-4-11(17)8-12(13)18-14(19)9-16/h4-5,8H,2-3,6-7,9-10H2,1H3. The Balaban J connectivity index is 2.05. The molecule has 1 heterocycles. The van der Waals surface area contributed by atoms with Crippen molar-refractivity contribution in [1.29, 1.82) is 0 Å². The van der Waals surface area contributed by atoms with Gasteiger partial charge in [-0.15, -0.1) is 11.6 Å². The molecular weight excluding hydrogens is 371 g/mol. The number of hydrogen-bond acceptors (Lipinski definition) is 1. The molecule has 1 aromatic heterocycles. The highest BCUT2D eigenvalue weighted by Crippen LogP contribution is 2.45. The van der Waals surface area contributed by atoms with Crippen molar-refractivity contribution in [2.24, 2.45) is 5.41 Å². The first-order valence-electron chi connectivity index (χ1n) is 6.88. The van der Waals surface area contributed by atoms with Gasteiger partial charge in [-0.2, -0.15) is 0 Å². The van der Waals surface area contributed by atoms with E-state index in [1.54, 1.807) is 0 Å². The molecule has 0 bridgehead atoms. The van der Waals surface area contributed by atoms with E-state index in [1.165, 1.54) is 34.8 Å². The van der Waals surface area contributed by atoms with E-state index < -0.39 is 0 Å². The normalized spacial score (nSPS) is 17.6. The molecule has 2 nitrogen and oxygen atoms in total. The maximum Gasteiger partial charge on any atom is 0.124 e. The van der Waals surface area contributed by atoms with Crippen LogP contribution in [-0.4, -0.2) is 9.55 Å². The molecule has 0 aliphatic heterocycles. The van der Waals surface area contributed by atoms with Crippen molar-refractivity contribution in [2.75, 3.05) is 0 Å². The number of hydrogen-bond donors (Lipinski definition) is 0. The Bertz CT molecular complexity index is 596. The van der Waals surface area contributed by atoms with Crippen molar-refractivity contribution in [3.05, 3.63) is 27.6 Å². The fraction of sp³-hybridized carbons (Fsp3) is 0.533. The SMILES string of the molecule is CCC1(Cn2c(CCl)nc3cc(I)ccc32)CCC1. The largest absolute Gasteiger partial charge is 0.326 e. The Labute approximate surface area is 132 Å². The van der Waals surface area contributed by atoms with Gasteiger partial charge in [0.25, 0.3) is 0 Å². The molecule has 19 heavy (non-hydrogen) atoms. The second-order valence-corrected chi connectivity index (χ2v) is 7.10. The van der Waals surface area contributed by atoms with E-state index in [-0.39, 0.29) is 0 Å². The lowest BCUT2D eigenvalue weighted by Gasteiger charge is -2.42. The summed E-state index contributed by atoms with van der Waals surface area (Å²) in [6, 6.07) is 6.47. The van der Waals surface area contributed by atoms with E-state index in [4.69, 9.17) is 16.6 Å². The maximum absolute atomic E-state index is 6.09. The van der Waals surface area contributed by atoms with Crippen LogP contribution >= 0.6 is 34.2 Å². The summed E-state index contributed by atoms with van der Waals surface area (Å²) in [6.07, 6.45) is 5.30. The molecule has 1 aliphatic carbocycles. The van der Waals surface area contributed by atoms with Crippen molar-refractivity contribution in [3.8, 4) is 0 Å². The second kappa shape index (κ2) is 5.24. The Morgan fingerprint density at radius 3 is 2.79 bits per heavy atom. The van der Waals surface area contributed by atoms with Crippen LogP contribution in [0.3, 0.4) is 0 Å². The lowest BCUT2D eigenvalue weighted by atomic mass is 9.67. The highest BCUT2D eigenvalue weighted by atomic mass is 127. The fourth-order valence-corrected chi connectivity index (χ4v) is 3.75. The third-order valence-corrected chi connectivity index (χ3v) is 5.48. The summed E-state index contributed by atoms with van der Waals surface area (Å²) >= 11 is 8.42. The summed E-state index contributed by atoms with van der Waals surface area (Å²) in [4.78, 5) is 4.70. The van der Waals surface area contributed by atoms with E-state index in [1.807, 2.05) is 0 Å². The Morgan fingerprint density at radius 1 is 1.42 bits per heavy atom. The van der Waals surface area contributed by atoms with Gasteiger partial charge in [0.15, 0.2) is 0 Å². The maximum atomic E-state index is 6.09. The summed E-state index contributed by atoms with van der Waals surface area (Å²) in [5, 5.41) is 0. The predicted molar refractivity (Wildman–Crippen MR) is 88.6 cm³/mol. The van der Waals surface area contributed by atoms with Gasteiger partial charge in [-0.25, -0.2) is 4.98 Å². The van der Waals surface area contributed by atoms with Crippen LogP contribution in [0, 0.1) is 8.99 Å². The molecule has 3 rings (SSSR count). The lowest BCUT2D eigenvalue weighted by molar-refractivity contribution is 0.101. The molecule has 0 unspecified atom stereocenters. The molecule has 1 fully saturated rings. The van der Waals surface area contributed by atoms with Crippen LogP contribution in [-0.2, 0) is 12.4 Å². The van der Waals surface area contributed by atoms with E-state index in [9.17, 15) is 0 Å². The number of benzene rings is 1. The minimum absolute atomic E-state index is 0.484. The van der Waals surface area contributed by atoms with Crippen molar-refractivity contribution in [3.63, 3.8) is 0 Å². The van der Waals surface area contributed by atoms with E-state index >= 15 is 0 Å². The van der Waals surface area contributed by atoms with E-state index in [0.29, 0.717) is 11.3 Å². The first kappa shape index (κ1) is 13.7. The summed E-state index contributed by atoms with van der Waals surface area (Å²) < 4.78 is 3.57. The predicted octanol–water partition coefficient (Wildman–Crippen LogP) is 4.96. The molecule has 2 aromatic rings. The number of rotatable bonds is 4. The molecule has 102 valence electrons. The number of alkyl halides is 1. The molecule has 1 saturated carbocycles. The van der Waals surface area contributed by atoms with E-state index in [2.05, 4.69) is 52.3 Å². The molecular formula is C15H18ClIN2. The summed E-state index contributed by atoms with van der Waals surface area (Å²) in [5.41, 5.74) is 2.79. The van der Waals surface area contributed by atoms with Crippen molar-refractivity contribution in [2.45, 2.75) is 45.0 Å². The number of imidazole rings is 1. The average Bonchev–Trinajstić information content (AvgIpc) is 2.70. The van der Waals surface area contributed by atoms with Crippen LogP contribution in [0.5, 0.6) is 0 Å². The highest BCUT2D eigenvalue weighted by molar-refractivity contribution is 14.1. The van der Waals surface area contributed by atoms with Gasteiger partial charge in [-0.05, 0) is 65.5 Å². The molecule has 0 N–H and O–H groups in total. The molecule has 0 amide bonds. The topological polar surface area (TPSA) is 17.8 Å². The van der Waals surface area contributed by atoms with Gasteiger partial charge in [0.05, 0.1) is 16.9 Å². The first-order valence-corrected chi connectivity index (χ1v) is 8.49. The fourth-order valence-electron chi connectivity index (χ4n) is 3.07. The minimum Gasteiger partial charge on any atom is -0.326 e. The van der Waals surface area contributed by atoms with Crippen LogP contribution < -0.4 is 0 Å². The van der Waals surface area contributed by atoms with Gasteiger partial charge >= 0.3 is 0 Å². The molecule has 4 heteroatoms. The summed E-state index contributed by atoms with van der Waals surface area (Å²) in [5.74, 6) is 1.50. The van der Waals surface area contributed by atoms with Crippen molar-refractivity contribution in [1.82, 2.24) is 9.55 Å². The number of nitrogens with zero attached hydrogens (tertiary/aromatic N) is 2. The first-order chi connectivity index (χ1) is 9.17. The van der Waals surface area contributed by atoms with Crippen molar-refractivity contribution < 1.29 is 0 Å². The van der Waals surface area contributed by atoms with E-state index in [0.717, 1.165) is 17.9 Å². The molecule has 0 saturated heterocycles. The molecule has 0 atom stereocenters. The van der Waals surface area contributed by atoms with Gasteiger partial charge in [0.1, 0.15) is 5.82 Å². The molecule has 0 spiro atoms. The van der Waals surface area contributed by atoms with Crippen LogP contribution in [0.15, 0.2) is 18.2 Å². The van der Waals surface area contributed by atoms with Crippen LogP contribution in [0.25, 0.3) is 11.0 Å². The van der Waals surface area contributed by atoms with Crippen LogP contribution in [0.1, 0.15) is 38.4 Å². The minimum atomic E-state index is 0.484. The van der Waals surface area contributed by atoms with Gasteiger partial charge in [0.2, 0.25) is 0 Å².